The van der Waals surface area contributed by atoms with Crippen LogP contribution in [0.1, 0.15) is 30.7 Å². The molecule has 0 spiro atoms. The molecule has 3 nitrogen and oxygen atoms in total. The van der Waals surface area contributed by atoms with Gasteiger partial charge in [-0.3, -0.25) is 0 Å². The molecule has 92 valence electrons. The first-order chi connectivity index (χ1) is 8.31. The van der Waals surface area contributed by atoms with Crippen molar-refractivity contribution in [1.82, 2.24) is 5.32 Å². The number of rotatable bonds is 6. The Morgan fingerprint density at radius 2 is 2.18 bits per heavy atom. The maximum Gasteiger partial charge on any atom is 0.173 e. The molecule has 17 heavy (non-hydrogen) atoms. The normalized spacial score (nSPS) is 12.8. The molecule has 0 amide bonds. The minimum atomic E-state index is 0.217. The van der Waals surface area contributed by atoms with Gasteiger partial charge in [-0.2, -0.15) is 0 Å². The van der Waals surface area contributed by atoms with E-state index in [9.17, 15) is 0 Å². The molecule has 2 aromatic rings. The Morgan fingerprint density at radius 1 is 1.29 bits per heavy atom. The molecule has 0 radical (unpaired) electrons. The Kier molecular flexibility index (Phi) is 4.45. The largest absolute Gasteiger partial charge is 0.469 e. The number of nitrogens with one attached hydrogen (secondary N) is 1. The average molecular weight is 298 g/mol. The summed E-state index contributed by atoms with van der Waals surface area (Å²) in [6, 6.07) is 6.11. The second-order valence-electron chi connectivity index (χ2n) is 3.94. The van der Waals surface area contributed by atoms with Gasteiger partial charge in [0.2, 0.25) is 0 Å². The van der Waals surface area contributed by atoms with Crippen LogP contribution in [0.4, 0.5) is 0 Å². The van der Waals surface area contributed by atoms with Crippen LogP contribution in [0, 0.1) is 0 Å². The number of hydrogen-bond acceptors (Lipinski definition) is 3. The predicted molar refractivity (Wildman–Crippen MR) is 69.9 cm³/mol. The zero-order chi connectivity index (χ0) is 12.1. The molecule has 4 heteroatoms. The monoisotopic (exact) mass is 297 g/mol. The highest BCUT2D eigenvalue weighted by Crippen LogP contribution is 2.27. The van der Waals surface area contributed by atoms with Crippen LogP contribution in [0.15, 0.2) is 44.2 Å². The second-order valence-corrected chi connectivity index (χ2v) is 4.66. The van der Waals surface area contributed by atoms with E-state index in [-0.39, 0.29) is 6.04 Å². The fourth-order valence-corrected chi connectivity index (χ4v) is 2.31. The fraction of sp³-hybridized carbons (Fsp3) is 0.385. The zero-order valence-electron chi connectivity index (χ0n) is 9.78. The second kappa shape index (κ2) is 6.07. The Hall–Kier alpha value is -1.00. The van der Waals surface area contributed by atoms with Crippen molar-refractivity contribution in [2.75, 3.05) is 6.54 Å². The Labute approximate surface area is 109 Å². The summed E-state index contributed by atoms with van der Waals surface area (Å²) >= 11 is 3.43. The summed E-state index contributed by atoms with van der Waals surface area (Å²) in [6.45, 7) is 3.13. The molecule has 0 aliphatic carbocycles. The van der Waals surface area contributed by atoms with Crippen LogP contribution in [-0.4, -0.2) is 6.54 Å². The molecule has 0 aliphatic heterocycles. The minimum absolute atomic E-state index is 0.217. The lowest BCUT2D eigenvalue weighted by atomic mass is 10.1. The fourth-order valence-electron chi connectivity index (χ4n) is 1.79. The van der Waals surface area contributed by atoms with Crippen LogP contribution in [0.2, 0.25) is 0 Å². The van der Waals surface area contributed by atoms with Crippen LogP contribution >= 0.6 is 15.9 Å². The lowest BCUT2D eigenvalue weighted by Gasteiger charge is -2.16. The van der Waals surface area contributed by atoms with E-state index in [4.69, 9.17) is 8.83 Å². The van der Waals surface area contributed by atoms with Crippen molar-refractivity contribution in [2.24, 2.45) is 0 Å². The van der Waals surface area contributed by atoms with Crippen molar-refractivity contribution in [1.29, 1.82) is 0 Å². The third kappa shape index (κ3) is 3.23. The number of furan rings is 2. The lowest BCUT2D eigenvalue weighted by Crippen LogP contribution is -2.23. The molecule has 0 aliphatic rings. The molecule has 0 saturated carbocycles. The Morgan fingerprint density at radius 3 is 2.76 bits per heavy atom. The topological polar surface area (TPSA) is 38.3 Å². The third-order valence-corrected chi connectivity index (χ3v) is 3.29. The van der Waals surface area contributed by atoms with Crippen LogP contribution in [0.5, 0.6) is 0 Å². The van der Waals surface area contributed by atoms with Crippen molar-refractivity contribution in [3.8, 4) is 0 Å². The highest BCUT2D eigenvalue weighted by Gasteiger charge is 2.17. The van der Waals surface area contributed by atoms with Gasteiger partial charge >= 0.3 is 0 Å². The number of hydrogen-bond donors (Lipinski definition) is 1. The van der Waals surface area contributed by atoms with E-state index in [0.29, 0.717) is 0 Å². The molecule has 1 N–H and O–H groups in total. The van der Waals surface area contributed by atoms with Crippen LogP contribution in [0.25, 0.3) is 0 Å². The first-order valence-corrected chi connectivity index (χ1v) is 6.59. The first kappa shape index (κ1) is 12.5. The highest BCUT2D eigenvalue weighted by atomic mass is 79.9. The van der Waals surface area contributed by atoms with Gasteiger partial charge in [-0.1, -0.05) is 6.92 Å². The smallest absolute Gasteiger partial charge is 0.173 e. The Bertz CT molecular complexity index is 436. The molecular formula is C13H16BrNO2. The summed E-state index contributed by atoms with van der Waals surface area (Å²) in [5, 5.41) is 3.50. The maximum absolute atomic E-state index is 5.40. The van der Waals surface area contributed by atoms with Gasteiger partial charge in [0.25, 0.3) is 0 Å². The maximum atomic E-state index is 5.40. The van der Waals surface area contributed by atoms with Gasteiger partial charge in [-0.15, -0.1) is 0 Å². The summed E-state index contributed by atoms with van der Waals surface area (Å²) < 4.78 is 11.5. The van der Waals surface area contributed by atoms with Crippen LogP contribution in [-0.2, 0) is 6.42 Å². The van der Waals surface area contributed by atoms with Crippen molar-refractivity contribution >= 4 is 15.9 Å². The van der Waals surface area contributed by atoms with E-state index < -0.39 is 0 Å². The van der Waals surface area contributed by atoms with E-state index in [0.717, 1.165) is 35.4 Å². The van der Waals surface area contributed by atoms with Crippen molar-refractivity contribution in [3.63, 3.8) is 0 Å². The zero-order valence-corrected chi connectivity index (χ0v) is 11.4. The number of halogens is 1. The van der Waals surface area contributed by atoms with E-state index >= 15 is 0 Å². The quantitative estimate of drug-likeness (QED) is 0.878. The van der Waals surface area contributed by atoms with Gasteiger partial charge < -0.3 is 14.2 Å². The molecule has 0 fully saturated rings. The van der Waals surface area contributed by atoms with Crippen molar-refractivity contribution in [2.45, 2.75) is 25.8 Å². The minimum Gasteiger partial charge on any atom is -0.469 e. The van der Waals surface area contributed by atoms with E-state index in [1.807, 2.05) is 18.2 Å². The van der Waals surface area contributed by atoms with E-state index in [1.165, 1.54) is 0 Å². The van der Waals surface area contributed by atoms with E-state index in [2.05, 4.69) is 28.2 Å². The van der Waals surface area contributed by atoms with E-state index in [1.54, 1.807) is 12.5 Å². The summed E-state index contributed by atoms with van der Waals surface area (Å²) in [4.78, 5) is 0. The molecule has 2 heterocycles. The molecule has 0 aromatic carbocycles. The molecular weight excluding hydrogens is 282 g/mol. The summed E-state index contributed by atoms with van der Waals surface area (Å²) in [5.74, 6) is 0.978. The molecule has 0 saturated heterocycles. The highest BCUT2D eigenvalue weighted by molar-refractivity contribution is 9.10. The summed E-state index contributed by atoms with van der Waals surface area (Å²) in [5.41, 5.74) is 1.13. The van der Waals surface area contributed by atoms with Gasteiger partial charge in [0.15, 0.2) is 4.67 Å². The lowest BCUT2D eigenvalue weighted by molar-refractivity contribution is 0.442. The molecule has 1 atom stereocenters. The SMILES string of the molecule is CCCNC(Cc1ccco1)c1ccoc1Br. The van der Waals surface area contributed by atoms with Crippen molar-refractivity contribution in [3.05, 3.63) is 46.7 Å². The van der Waals surface area contributed by atoms with Crippen LogP contribution in [0.3, 0.4) is 0 Å². The average Bonchev–Trinajstić information content (AvgIpc) is 2.95. The van der Waals surface area contributed by atoms with Gasteiger partial charge in [-0.25, -0.2) is 0 Å². The first-order valence-electron chi connectivity index (χ1n) is 5.80. The standard InChI is InChI=1S/C13H16BrNO2/c1-2-6-15-12(9-10-4-3-7-16-10)11-5-8-17-13(11)14/h3-5,7-8,12,15H,2,6,9H2,1H3. The van der Waals surface area contributed by atoms with Crippen LogP contribution < -0.4 is 5.32 Å². The van der Waals surface area contributed by atoms with Gasteiger partial charge in [-0.05, 0) is 47.1 Å². The molecule has 1 unspecified atom stereocenters. The Balaban J connectivity index is 2.11. The predicted octanol–water partition coefficient (Wildman–Crippen LogP) is 3.92. The van der Waals surface area contributed by atoms with Gasteiger partial charge in [0, 0.05) is 18.0 Å². The molecule has 2 aromatic heterocycles. The van der Waals surface area contributed by atoms with Gasteiger partial charge in [0.05, 0.1) is 12.5 Å². The molecule has 2 rings (SSSR count). The summed E-state index contributed by atoms with van der Waals surface area (Å²) in [7, 11) is 0. The molecule has 0 bridgehead atoms. The van der Waals surface area contributed by atoms with Crippen molar-refractivity contribution < 1.29 is 8.83 Å². The summed E-state index contributed by atoms with van der Waals surface area (Å²) in [6.07, 6.45) is 5.33. The van der Waals surface area contributed by atoms with Gasteiger partial charge in [0.1, 0.15) is 5.76 Å². The third-order valence-electron chi connectivity index (χ3n) is 2.65.